The Labute approximate surface area is 148 Å². The van der Waals surface area contributed by atoms with E-state index in [-0.39, 0.29) is 23.0 Å². The van der Waals surface area contributed by atoms with Crippen molar-refractivity contribution in [2.75, 3.05) is 13.7 Å². The molecule has 0 aliphatic rings. The molecule has 0 fully saturated rings. The minimum absolute atomic E-state index is 0.0323. The average molecular weight is 357 g/mol. The van der Waals surface area contributed by atoms with Crippen molar-refractivity contribution in [2.24, 2.45) is 0 Å². The summed E-state index contributed by atoms with van der Waals surface area (Å²) in [5.74, 6) is -0.990. The highest BCUT2D eigenvalue weighted by Crippen LogP contribution is 2.28. The largest absolute Gasteiger partial charge is 0.493 e. The van der Waals surface area contributed by atoms with Crippen molar-refractivity contribution in [1.29, 1.82) is 0 Å². The second-order valence-corrected chi connectivity index (χ2v) is 5.09. The molecule has 0 unspecified atom stereocenters. The van der Waals surface area contributed by atoms with E-state index in [9.17, 15) is 19.7 Å². The van der Waals surface area contributed by atoms with Gasteiger partial charge in [-0.25, -0.2) is 4.79 Å². The highest BCUT2D eigenvalue weighted by molar-refractivity contribution is 6.07. The molecule has 8 nitrogen and oxygen atoms in total. The van der Waals surface area contributed by atoms with E-state index in [1.54, 1.807) is 0 Å². The maximum Gasteiger partial charge on any atom is 0.341 e. The number of aliphatic carboxylic acids is 1. The van der Waals surface area contributed by atoms with Gasteiger partial charge >= 0.3 is 5.97 Å². The Morgan fingerprint density at radius 2 is 1.85 bits per heavy atom. The molecule has 0 saturated heterocycles. The van der Waals surface area contributed by atoms with Gasteiger partial charge in [-0.1, -0.05) is 6.08 Å². The van der Waals surface area contributed by atoms with Gasteiger partial charge in [-0.05, 0) is 42.0 Å². The van der Waals surface area contributed by atoms with Crippen molar-refractivity contribution < 1.29 is 29.1 Å². The fraction of sp³-hybridized carbons (Fsp3) is 0.111. The summed E-state index contributed by atoms with van der Waals surface area (Å²) in [5.41, 5.74) is 0.926. The van der Waals surface area contributed by atoms with E-state index in [2.05, 4.69) is 0 Å². The number of benzene rings is 2. The minimum atomic E-state index is -1.13. The van der Waals surface area contributed by atoms with Crippen LogP contribution in [0.5, 0.6) is 11.5 Å². The van der Waals surface area contributed by atoms with Crippen LogP contribution in [-0.2, 0) is 4.79 Å². The molecule has 0 aliphatic heterocycles. The zero-order valence-electron chi connectivity index (χ0n) is 13.7. The summed E-state index contributed by atoms with van der Waals surface area (Å²) in [6.45, 7) is -0.524. The van der Waals surface area contributed by atoms with E-state index in [1.807, 2.05) is 0 Å². The number of carboxylic acid groups (broad SMARTS) is 1. The van der Waals surface area contributed by atoms with Crippen LogP contribution in [0.25, 0.3) is 6.08 Å². The van der Waals surface area contributed by atoms with Gasteiger partial charge in [-0.2, -0.15) is 0 Å². The Balaban J connectivity index is 2.13. The highest BCUT2D eigenvalue weighted by atomic mass is 16.6. The van der Waals surface area contributed by atoms with Crippen LogP contribution in [0.2, 0.25) is 0 Å². The number of nitro benzene ring substituents is 1. The van der Waals surface area contributed by atoms with Crippen LogP contribution in [0, 0.1) is 10.1 Å². The van der Waals surface area contributed by atoms with Crippen LogP contribution in [0.3, 0.4) is 0 Å². The summed E-state index contributed by atoms with van der Waals surface area (Å²) in [4.78, 5) is 32.9. The lowest BCUT2D eigenvalue weighted by atomic mass is 10.1. The number of methoxy groups -OCH3 is 1. The van der Waals surface area contributed by atoms with Gasteiger partial charge in [0.15, 0.2) is 23.9 Å². The second-order valence-electron chi connectivity index (χ2n) is 5.09. The number of carboxylic acids is 1. The second kappa shape index (κ2) is 8.43. The summed E-state index contributed by atoms with van der Waals surface area (Å²) < 4.78 is 10.2. The minimum Gasteiger partial charge on any atom is -0.493 e. The molecule has 1 N–H and O–H groups in total. The van der Waals surface area contributed by atoms with Crippen molar-refractivity contribution in [3.63, 3.8) is 0 Å². The fourth-order valence-electron chi connectivity index (χ4n) is 2.05. The van der Waals surface area contributed by atoms with E-state index in [1.165, 1.54) is 61.7 Å². The predicted octanol–water partition coefficient (Wildman–Crippen LogP) is 2.96. The smallest absolute Gasteiger partial charge is 0.341 e. The number of non-ortho nitro benzene ring substituents is 1. The van der Waals surface area contributed by atoms with Gasteiger partial charge in [0.2, 0.25) is 0 Å². The average Bonchev–Trinajstić information content (AvgIpc) is 2.64. The third-order valence-corrected chi connectivity index (χ3v) is 3.33. The zero-order chi connectivity index (χ0) is 19.1. The Hall–Kier alpha value is -3.68. The number of hydrogen-bond donors (Lipinski definition) is 1. The SMILES string of the molecule is COc1cc(C(=O)/C=C/c2ccc([N+](=O)[O-])cc2)ccc1OCC(=O)O. The van der Waals surface area contributed by atoms with Crippen molar-refractivity contribution in [1.82, 2.24) is 0 Å². The Bertz CT molecular complexity index is 856. The lowest BCUT2D eigenvalue weighted by molar-refractivity contribution is -0.384. The molecule has 0 bridgehead atoms. The first-order valence-electron chi connectivity index (χ1n) is 7.40. The molecule has 2 aromatic carbocycles. The molecule has 0 aromatic heterocycles. The highest BCUT2D eigenvalue weighted by Gasteiger charge is 2.11. The standard InChI is InChI=1S/C18H15NO7/c1-25-17-10-13(5-9-16(17)26-11-18(21)22)15(20)8-4-12-2-6-14(7-3-12)19(23)24/h2-10H,11H2,1H3,(H,21,22)/b8-4+. The molecular formula is C18H15NO7. The number of carbonyl (C=O) groups excluding carboxylic acids is 1. The normalized spacial score (nSPS) is 10.5. The Morgan fingerprint density at radius 3 is 2.42 bits per heavy atom. The van der Waals surface area contributed by atoms with Crippen molar-refractivity contribution in [2.45, 2.75) is 0 Å². The molecule has 2 aromatic rings. The van der Waals surface area contributed by atoms with Gasteiger partial charge in [0.25, 0.3) is 5.69 Å². The number of ketones is 1. The van der Waals surface area contributed by atoms with E-state index in [4.69, 9.17) is 14.6 Å². The van der Waals surface area contributed by atoms with Crippen molar-refractivity contribution >= 4 is 23.5 Å². The maximum absolute atomic E-state index is 12.3. The van der Waals surface area contributed by atoms with Crippen LogP contribution in [-0.4, -0.2) is 35.5 Å². The number of nitro groups is 1. The molecule has 0 saturated carbocycles. The summed E-state index contributed by atoms with van der Waals surface area (Å²) in [6, 6.07) is 10.1. The van der Waals surface area contributed by atoms with Crippen LogP contribution in [0.4, 0.5) is 5.69 Å². The third-order valence-electron chi connectivity index (χ3n) is 3.33. The molecule has 0 heterocycles. The molecule has 0 amide bonds. The topological polar surface area (TPSA) is 116 Å². The molecule has 0 spiro atoms. The van der Waals surface area contributed by atoms with Gasteiger partial charge in [0.05, 0.1) is 12.0 Å². The first-order chi connectivity index (χ1) is 12.4. The first kappa shape index (κ1) is 18.7. The zero-order valence-corrected chi connectivity index (χ0v) is 13.7. The van der Waals surface area contributed by atoms with Crippen molar-refractivity contribution in [3.8, 4) is 11.5 Å². The summed E-state index contributed by atoms with van der Waals surface area (Å²) >= 11 is 0. The lowest BCUT2D eigenvalue weighted by Gasteiger charge is -2.09. The maximum atomic E-state index is 12.3. The van der Waals surface area contributed by atoms with Crippen molar-refractivity contribution in [3.05, 3.63) is 69.8 Å². The predicted molar refractivity (Wildman–Crippen MR) is 92.6 cm³/mol. The molecule has 2 rings (SSSR count). The van der Waals surface area contributed by atoms with Crippen LogP contribution in [0.15, 0.2) is 48.5 Å². The quantitative estimate of drug-likeness (QED) is 0.334. The van der Waals surface area contributed by atoms with Gasteiger partial charge in [-0.3, -0.25) is 14.9 Å². The summed E-state index contributed by atoms with van der Waals surface area (Å²) in [7, 11) is 1.38. The van der Waals surface area contributed by atoms with Gasteiger partial charge in [0, 0.05) is 17.7 Å². The molecule has 26 heavy (non-hydrogen) atoms. The van der Waals surface area contributed by atoms with Gasteiger partial charge < -0.3 is 14.6 Å². The number of hydrogen-bond acceptors (Lipinski definition) is 6. The first-order valence-corrected chi connectivity index (χ1v) is 7.40. The van der Waals surface area contributed by atoms with Gasteiger partial charge in [0.1, 0.15) is 0 Å². The molecule has 0 radical (unpaired) electrons. The number of allylic oxidation sites excluding steroid dienone is 1. The molecular weight excluding hydrogens is 342 g/mol. The Morgan fingerprint density at radius 1 is 1.15 bits per heavy atom. The van der Waals surface area contributed by atoms with Gasteiger partial charge in [-0.15, -0.1) is 0 Å². The number of nitrogens with zero attached hydrogens (tertiary/aromatic N) is 1. The van der Waals surface area contributed by atoms with E-state index in [0.29, 0.717) is 11.1 Å². The van der Waals surface area contributed by atoms with Crippen LogP contribution >= 0.6 is 0 Å². The fourth-order valence-corrected chi connectivity index (χ4v) is 2.05. The molecule has 134 valence electrons. The number of carbonyl (C=O) groups is 2. The summed E-state index contributed by atoms with van der Waals surface area (Å²) in [6.07, 6.45) is 2.86. The van der Waals surface area contributed by atoms with E-state index < -0.39 is 17.5 Å². The molecule has 0 atom stereocenters. The number of ether oxygens (including phenoxy) is 2. The molecule has 0 aliphatic carbocycles. The summed E-state index contributed by atoms with van der Waals surface area (Å²) in [5, 5.41) is 19.3. The van der Waals surface area contributed by atoms with Crippen LogP contribution < -0.4 is 9.47 Å². The van der Waals surface area contributed by atoms with E-state index in [0.717, 1.165) is 0 Å². The lowest BCUT2D eigenvalue weighted by Crippen LogP contribution is -2.10. The third kappa shape index (κ3) is 4.91. The molecule has 8 heteroatoms. The number of rotatable bonds is 8. The van der Waals surface area contributed by atoms with Crippen LogP contribution in [0.1, 0.15) is 15.9 Å². The Kier molecular flexibility index (Phi) is 6.05. The monoisotopic (exact) mass is 357 g/mol. The van der Waals surface area contributed by atoms with E-state index >= 15 is 0 Å².